The van der Waals surface area contributed by atoms with Gasteiger partial charge in [0.25, 0.3) is 0 Å². The molecule has 2 aromatic carbocycles. The molecule has 1 aromatic heterocycles. The molecule has 1 fully saturated rings. The van der Waals surface area contributed by atoms with Gasteiger partial charge in [0.2, 0.25) is 5.91 Å². The highest BCUT2D eigenvalue weighted by molar-refractivity contribution is 8.00. The minimum Gasteiger partial charge on any atom is -0.341 e. The molecule has 0 radical (unpaired) electrons. The second-order valence-corrected chi connectivity index (χ2v) is 7.70. The molecule has 0 aliphatic carbocycles. The van der Waals surface area contributed by atoms with E-state index in [1.807, 2.05) is 65.6 Å². The lowest BCUT2D eigenvalue weighted by atomic mass is 10.1. The van der Waals surface area contributed by atoms with Crippen molar-refractivity contribution in [3.63, 3.8) is 0 Å². The molecule has 1 saturated heterocycles. The molecule has 0 unspecified atom stereocenters. The van der Waals surface area contributed by atoms with E-state index in [0.717, 1.165) is 42.8 Å². The monoisotopic (exact) mass is 378 g/mol. The number of carbonyl (C=O) groups excluding carboxylic acids is 1. The lowest BCUT2D eigenvalue weighted by Gasteiger charge is -2.22. The number of aromatic nitrogens is 2. The Hall–Kier alpha value is -2.73. The van der Waals surface area contributed by atoms with Crippen LogP contribution in [-0.4, -0.2) is 33.6 Å². The number of thioether (sulfide) groups is 1. The number of nitrogens with zero attached hydrogens (tertiary/aromatic N) is 3. The minimum atomic E-state index is -0.349. The summed E-state index contributed by atoms with van der Waals surface area (Å²) >= 11 is 1.41. The van der Waals surface area contributed by atoms with Crippen molar-refractivity contribution < 1.29 is 4.79 Å². The maximum absolute atomic E-state index is 13.2. The molecular weight excluding hydrogens is 356 g/mol. The summed E-state index contributed by atoms with van der Waals surface area (Å²) in [6, 6.07) is 19.8. The third-order valence-corrected chi connectivity index (χ3v) is 5.96. The van der Waals surface area contributed by atoms with Crippen LogP contribution in [0.2, 0.25) is 0 Å². The number of carbonyl (C=O) groups is 1. The van der Waals surface area contributed by atoms with Gasteiger partial charge in [-0.25, -0.2) is 9.66 Å². The number of hydrogen-bond donors (Lipinski definition) is 1. The lowest BCUT2D eigenvalue weighted by molar-refractivity contribution is -0.129. The molecule has 1 aliphatic heterocycles. The van der Waals surface area contributed by atoms with Crippen LogP contribution in [0.1, 0.15) is 23.7 Å². The topological polar surface area (TPSA) is 64.2 Å². The summed E-state index contributed by atoms with van der Waals surface area (Å²) in [5.41, 5.74) is 2.79. The Balaban J connectivity index is 1.64. The van der Waals surface area contributed by atoms with Crippen LogP contribution in [0.3, 0.4) is 0 Å². The van der Waals surface area contributed by atoms with Crippen LogP contribution < -0.4 is 5.84 Å². The van der Waals surface area contributed by atoms with Crippen LogP contribution in [0.25, 0.3) is 11.3 Å². The Kier molecular flexibility index (Phi) is 5.16. The van der Waals surface area contributed by atoms with E-state index >= 15 is 0 Å². The van der Waals surface area contributed by atoms with Gasteiger partial charge in [-0.1, -0.05) is 72.4 Å². The first kappa shape index (κ1) is 17.7. The molecule has 3 aromatic rings. The maximum Gasteiger partial charge on any atom is 0.240 e. The largest absolute Gasteiger partial charge is 0.341 e. The smallest absolute Gasteiger partial charge is 0.240 e. The van der Waals surface area contributed by atoms with Crippen molar-refractivity contribution in [1.29, 1.82) is 0 Å². The molecule has 0 spiro atoms. The number of amides is 1. The predicted molar refractivity (Wildman–Crippen MR) is 109 cm³/mol. The van der Waals surface area contributed by atoms with Crippen molar-refractivity contribution >= 4 is 17.7 Å². The number of benzene rings is 2. The van der Waals surface area contributed by atoms with E-state index in [4.69, 9.17) is 5.84 Å². The molecule has 1 aliphatic rings. The summed E-state index contributed by atoms with van der Waals surface area (Å²) in [6.45, 7) is 1.66. The number of nitrogen functional groups attached to an aromatic ring is 1. The van der Waals surface area contributed by atoms with Crippen LogP contribution in [0, 0.1) is 0 Å². The third kappa shape index (κ3) is 3.85. The van der Waals surface area contributed by atoms with Crippen LogP contribution >= 0.6 is 11.8 Å². The molecule has 0 saturated carbocycles. The summed E-state index contributed by atoms with van der Waals surface area (Å²) in [7, 11) is 0. The van der Waals surface area contributed by atoms with Crippen molar-refractivity contribution in [2.75, 3.05) is 18.9 Å². The fourth-order valence-corrected chi connectivity index (χ4v) is 4.39. The van der Waals surface area contributed by atoms with E-state index in [2.05, 4.69) is 4.98 Å². The standard InChI is InChI=1S/C21H22N4OS/c22-25-15-18(16-9-3-1-4-10-16)23-21(25)27-19(17-11-5-2-6-12-17)20(26)24-13-7-8-14-24/h1-6,9-12,15,19H,7-8,13-14,22H2/t19-/m0/s1. The van der Waals surface area contributed by atoms with Gasteiger partial charge in [-0.2, -0.15) is 0 Å². The minimum absolute atomic E-state index is 0.132. The second kappa shape index (κ2) is 7.88. The molecule has 2 N–H and O–H groups in total. The first-order valence-corrected chi connectivity index (χ1v) is 10.0. The Morgan fingerprint density at radius 3 is 2.30 bits per heavy atom. The van der Waals surface area contributed by atoms with Crippen molar-refractivity contribution in [3.8, 4) is 11.3 Å². The molecule has 6 heteroatoms. The average Bonchev–Trinajstić information content (AvgIpc) is 3.37. The van der Waals surface area contributed by atoms with Crippen LogP contribution in [0.5, 0.6) is 0 Å². The van der Waals surface area contributed by atoms with Crippen molar-refractivity contribution in [3.05, 3.63) is 72.4 Å². The number of likely N-dealkylation sites (tertiary alicyclic amines) is 1. The zero-order valence-electron chi connectivity index (χ0n) is 15.0. The van der Waals surface area contributed by atoms with Gasteiger partial charge in [-0.3, -0.25) is 4.79 Å². The van der Waals surface area contributed by atoms with Crippen molar-refractivity contribution in [2.24, 2.45) is 0 Å². The number of rotatable bonds is 5. The highest BCUT2D eigenvalue weighted by Gasteiger charge is 2.30. The van der Waals surface area contributed by atoms with E-state index < -0.39 is 0 Å². The van der Waals surface area contributed by atoms with Gasteiger partial charge in [0.15, 0.2) is 5.16 Å². The van der Waals surface area contributed by atoms with Crippen LogP contribution in [0.15, 0.2) is 72.0 Å². The number of nitrogens with two attached hydrogens (primary N) is 1. The van der Waals surface area contributed by atoms with Gasteiger partial charge in [-0.05, 0) is 18.4 Å². The van der Waals surface area contributed by atoms with Gasteiger partial charge in [0.05, 0.1) is 11.9 Å². The number of imidazole rings is 1. The van der Waals surface area contributed by atoms with Gasteiger partial charge >= 0.3 is 0 Å². The van der Waals surface area contributed by atoms with Crippen LogP contribution in [0.4, 0.5) is 0 Å². The van der Waals surface area contributed by atoms with Gasteiger partial charge in [0, 0.05) is 18.7 Å². The quantitative estimate of drug-likeness (QED) is 0.543. The fourth-order valence-electron chi connectivity index (χ4n) is 3.31. The highest BCUT2D eigenvalue weighted by atomic mass is 32.2. The highest BCUT2D eigenvalue weighted by Crippen LogP contribution is 2.37. The lowest BCUT2D eigenvalue weighted by Crippen LogP contribution is -2.31. The van der Waals surface area contributed by atoms with Crippen molar-refractivity contribution in [1.82, 2.24) is 14.6 Å². The fraction of sp³-hybridized carbons (Fsp3) is 0.238. The zero-order valence-corrected chi connectivity index (χ0v) is 15.8. The van der Waals surface area contributed by atoms with Crippen LogP contribution in [-0.2, 0) is 4.79 Å². The molecule has 1 atom stereocenters. The van der Waals surface area contributed by atoms with Crippen molar-refractivity contribution in [2.45, 2.75) is 23.2 Å². The average molecular weight is 379 g/mol. The first-order chi connectivity index (χ1) is 13.2. The molecule has 27 heavy (non-hydrogen) atoms. The number of hydrogen-bond acceptors (Lipinski definition) is 4. The van der Waals surface area contributed by atoms with E-state index in [1.54, 1.807) is 6.20 Å². The van der Waals surface area contributed by atoms with E-state index in [1.165, 1.54) is 16.4 Å². The maximum atomic E-state index is 13.2. The van der Waals surface area contributed by atoms with E-state index in [9.17, 15) is 4.79 Å². The predicted octanol–water partition coefficient (Wildman–Crippen LogP) is 3.72. The summed E-state index contributed by atoms with van der Waals surface area (Å²) in [5.74, 6) is 6.30. The van der Waals surface area contributed by atoms with Gasteiger partial charge < -0.3 is 10.7 Å². The zero-order chi connectivity index (χ0) is 18.6. The molecule has 2 heterocycles. The Morgan fingerprint density at radius 2 is 1.63 bits per heavy atom. The SMILES string of the molecule is Nn1cc(-c2ccccc2)nc1S[C@H](C(=O)N1CCCC1)c1ccccc1. The van der Waals surface area contributed by atoms with Gasteiger partial charge in [0.1, 0.15) is 5.25 Å². The molecular formula is C21H22N4OS. The molecule has 0 bridgehead atoms. The summed E-state index contributed by atoms with van der Waals surface area (Å²) in [5, 5.41) is 0.285. The summed E-state index contributed by atoms with van der Waals surface area (Å²) in [6.07, 6.45) is 3.95. The van der Waals surface area contributed by atoms with E-state index in [-0.39, 0.29) is 11.2 Å². The third-order valence-electron chi connectivity index (χ3n) is 4.74. The summed E-state index contributed by atoms with van der Waals surface area (Å²) in [4.78, 5) is 19.8. The van der Waals surface area contributed by atoms with E-state index in [0.29, 0.717) is 5.16 Å². The summed E-state index contributed by atoms with van der Waals surface area (Å²) < 4.78 is 1.51. The molecule has 5 nitrogen and oxygen atoms in total. The normalized spacial score (nSPS) is 15.0. The first-order valence-electron chi connectivity index (χ1n) is 9.12. The van der Waals surface area contributed by atoms with Gasteiger partial charge in [-0.15, -0.1) is 0 Å². The Labute approximate surface area is 163 Å². The Morgan fingerprint density at radius 1 is 1.00 bits per heavy atom. The molecule has 1 amide bonds. The second-order valence-electron chi connectivity index (χ2n) is 6.62. The molecule has 4 rings (SSSR count). The Bertz CT molecular complexity index is 904. The molecule has 138 valence electrons.